The van der Waals surface area contributed by atoms with E-state index < -0.39 is 5.97 Å². The van der Waals surface area contributed by atoms with Crippen LogP contribution < -0.4 is 4.74 Å². The van der Waals surface area contributed by atoms with Crippen molar-refractivity contribution in [2.24, 2.45) is 11.1 Å². The Morgan fingerprint density at radius 3 is 2.69 bits per heavy atom. The van der Waals surface area contributed by atoms with E-state index in [2.05, 4.69) is 24.2 Å². The topological polar surface area (TPSA) is 68.1 Å². The summed E-state index contributed by atoms with van der Waals surface area (Å²) < 4.78 is 6.03. The van der Waals surface area contributed by atoms with Crippen molar-refractivity contribution in [3.8, 4) is 5.75 Å². The van der Waals surface area contributed by atoms with Gasteiger partial charge in [0.25, 0.3) is 0 Å². The van der Waals surface area contributed by atoms with Crippen LogP contribution in [0.5, 0.6) is 5.75 Å². The molecule has 2 aromatic carbocycles. The van der Waals surface area contributed by atoms with Crippen molar-refractivity contribution in [3.63, 3.8) is 0 Å². The number of fused-ring (bicyclic) bond motifs is 1. The van der Waals surface area contributed by atoms with Crippen molar-refractivity contribution < 1.29 is 19.5 Å². The van der Waals surface area contributed by atoms with Crippen LogP contribution in [0.1, 0.15) is 61.3 Å². The van der Waals surface area contributed by atoms with Crippen molar-refractivity contribution >= 4 is 12.2 Å². The maximum absolute atomic E-state index is 11.2. The lowest BCUT2D eigenvalue weighted by molar-refractivity contribution is -0.138. The van der Waals surface area contributed by atoms with Gasteiger partial charge in [0, 0.05) is 6.42 Å². The van der Waals surface area contributed by atoms with Crippen LogP contribution >= 0.6 is 0 Å². The maximum Gasteiger partial charge on any atom is 0.303 e. The predicted octanol–water partition coefficient (Wildman–Crippen LogP) is 5.17. The van der Waals surface area contributed by atoms with Gasteiger partial charge in [-0.1, -0.05) is 42.4 Å². The zero-order chi connectivity index (χ0) is 20.6. The lowest BCUT2D eigenvalue weighted by atomic mass is 9.72. The molecule has 2 aromatic rings. The lowest BCUT2D eigenvalue weighted by Crippen LogP contribution is -2.23. The Morgan fingerprint density at radius 1 is 1.21 bits per heavy atom. The fraction of sp³-hybridized carbons (Fsp3) is 0.417. The second-order valence-corrected chi connectivity index (χ2v) is 7.45. The standard InChI is InChI=1S/C24H29NO4/c1-3-22-20(13-24(26)27)10-9-19-11-12-21(14-23(19)22)28-16-18-7-5-17(6-8-18)15-25-29-4-2/h5-8,11-12,14-15,20,22H,3-4,9-10,13,16H2,1-2H3,(H,26,27). The van der Waals surface area contributed by atoms with E-state index in [9.17, 15) is 9.90 Å². The van der Waals surface area contributed by atoms with Crippen LogP contribution in [0.3, 0.4) is 0 Å². The van der Waals surface area contributed by atoms with Crippen LogP contribution in [0.4, 0.5) is 0 Å². The van der Waals surface area contributed by atoms with Gasteiger partial charge in [-0.25, -0.2) is 0 Å². The Kier molecular flexibility index (Phi) is 7.28. The quantitative estimate of drug-likeness (QED) is 0.470. The molecule has 0 saturated carbocycles. The number of carboxylic acid groups (broad SMARTS) is 1. The fourth-order valence-corrected chi connectivity index (χ4v) is 4.09. The minimum absolute atomic E-state index is 0.200. The number of aryl methyl sites for hydroxylation is 1. The molecule has 0 heterocycles. The van der Waals surface area contributed by atoms with Crippen LogP contribution in [0.2, 0.25) is 0 Å². The number of aliphatic carboxylic acids is 1. The second-order valence-electron chi connectivity index (χ2n) is 7.45. The van der Waals surface area contributed by atoms with E-state index >= 15 is 0 Å². The van der Waals surface area contributed by atoms with Gasteiger partial charge in [0.1, 0.15) is 19.0 Å². The molecular weight excluding hydrogens is 366 g/mol. The first-order valence-electron chi connectivity index (χ1n) is 10.3. The average Bonchev–Trinajstić information content (AvgIpc) is 2.72. The highest BCUT2D eigenvalue weighted by Gasteiger charge is 2.30. The van der Waals surface area contributed by atoms with Gasteiger partial charge in [0.2, 0.25) is 0 Å². The van der Waals surface area contributed by atoms with E-state index in [1.165, 1.54) is 11.1 Å². The zero-order valence-electron chi connectivity index (χ0n) is 17.1. The summed E-state index contributed by atoms with van der Waals surface area (Å²) in [5.41, 5.74) is 4.63. The van der Waals surface area contributed by atoms with Crippen LogP contribution in [0, 0.1) is 5.92 Å². The van der Waals surface area contributed by atoms with Crippen molar-refractivity contribution in [1.29, 1.82) is 0 Å². The Balaban J connectivity index is 1.66. The number of oxime groups is 1. The van der Waals surface area contributed by atoms with Crippen molar-refractivity contribution in [1.82, 2.24) is 0 Å². The number of benzene rings is 2. The van der Waals surface area contributed by atoms with Crippen molar-refractivity contribution in [2.75, 3.05) is 6.61 Å². The molecule has 1 aliphatic rings. The van der Waals surface area contributed by atoms with Gasteiger partial charge in [0.05, 0.1) is 6.21 Å². The molecule has 1 N–H and O–H groups in total. The normalized spacial score (nSPS) is 18.4. The van der Waals surface area contributed by atoms with Gasteiger partial charge in [-0.3, -0.25) is 4.79 Å². The SMILES string of the molecule is CCON=Cc1ccc(COc2ccc3c(c2)C(CC)C(CC(=O)O)CC3)cc1. The summed E-state index contributed by atoms with van der Waals surface area (Å²) in [5.74, 6) is 0.604. The van der Waals surface area contributed by atoms with Gasteiger partial charge in [-0.05, 0) is 72.4 Å². The van der Waals surface area contributed by atoms with E-state index in [4.69, 9.17) is 9.57 Å². The van der Waals surface area contributed by atoms with Gasteiger partial charge >= 0.3 is 5.97 Å². The third-order valence-corrected chi connectivity index (χ3v) is 5.54. The van der Waals surface area contributed by atoms with E-state index in [1.807, 2.05) is 37.3 Å². The number of carbonyl (C=O) groups is 1. The Labute approximate surface area is 172 Å². The molecule has 0 aliphatic heterocycles. The number of hydrogen-bond acceptors (Lipinski definition) is 4. The van der Waals surface area contributed by atoms with E-state index in [1.54, 1.807) is 6.21 Å². The summed E-state index contributed by atoms with van der Waals surface area (Å²) in [6.07, 6.45) is 4.75. The summed E-state index contributed by atoms with van der Waals surface area (Å²) in [4.78, 5) is 16.2. The molecule has 3 rings (SSSR count). The van der Waals surface area contributed by atoms with Crippen LogP contribution in [-0.4, -0.2) is 23.9 Å². The number of carboxylic acids is 1. The van der Waals surface area contributed by atoms with Gasteiger partial charge < -0.3 is 14.7 Å². The summed E-state index contributed by atoms with van der Waals surface area (Å²) in [5, 5.41) is 13.1. The molecule has 5 nitrogen and oxygen atoms in total. The summed E-state index contributed by atoms with van der Waals surface area (Å²) in [6, 6.07) is 14.3. The fourth-order valence-electron chi connectivity index (χ4n) is 4.09. The summed E-state index contributed by atoms with van der Waals surface area (Å²) in [7, 11) is 0. The summed E-state index contributed by atoms with van der Waals surface area (Å²) in [6.45, 7) is 5.07. The molecular formula is C24H29NO4. The molecule has 0 saturated heterocycles. The minimum Gasteiger partial charge on any atom is -0.489 e. The highest BCUT2D eigenvalue weighted by atomic mass is 16.6. The molecule has 29 heavy (non-hydrogen) atoms. The monoisotopic (exact) mass is 395 g/mol. The molecule has 0 amide bonds. The summed E-state index contributed by atoms with van der Waals surface area (Å²) >= 11 is 0. The first-order chi connectivity index (χ1) is 14.1. The zero-order valence-corrected chi connectivity index (χ0v) is 17.1. The third-order valence-electron chi connectivity index (χ3n) is 5.54. The van der Waals surface area contributed by atoms with E-state index in [-0.39, 0.29) is 18.3 Å². The molecule has 0 radical (unpaired) electrons. The molecule has 2 atom stereocenters. The molecule has 154 valence electrons. The van der Waals surface area contributed by atoms with Crippen LogP contribution in [0.15, 0.2) is 47.6 Å². The molecule has 0 spiro atoms. The molecule has 5 heteroatoms. The third kappa shape index (κ3) is 5.59. The molecule has 0 bridgehead atoms. The number of ether oxygens (including phenoxy) is 1. The minimum atomic E-state index is -0.709. The number of rotatable bonds is 9. The second kappa shape index (κ2) is 10.1. The van der Waals surface area contributed by atoms with Crippen molar-refractivity contribution in [3.05, 3.63) is 64.7 Å². The Morgan fingerprint density at radius 2 is 2.00 bits per heavy atom. The first-order valence-corrected chi connectivity index (χ1v) is 10.3. The highest BCUT2D eigenvalue weighted by molar-refractivity contribution is 5.79. The Hall–Kier alpha value is -2.82. The molecule has 0 fully saturated rings. The maximum atomic E-state index is 11.2. The van der Waals surface area contributed by atoms with Gasteiger partial charge in [0.15, 0.2) is 0 Å². The molecule has 2 unspecified atom stereocenters. The number of nitrogens with zero attached hydrogens (tertiary/aromatic N) is 1. The van der Waals surface area contributed by atoms with Gasteiger partial charge in [-0.15, -0.1) is 0 Å². The Bertz CT molecular complexity index is 844. The lowest BCUT2D eigenvalue weighted by Gasteiger charge is -2.32. The van der Waals surface area contributed by atoms with Crippen LogP contribution in [0.25, 0.3) is 0 Å². The first kappa shape index (κ1) is 20.9. The van der Waals surface area contributed by atoms with Crippen molar-refractivity contribution in [2.45, 2.75) is 52.1 Å². The predicted molar refractivity (Wildman–Crippen MR) is 114 cm³/mol. The highest BCUT2D eigenvalue weighted by Crippen LogP contribution is 2.41. The smallest absolute Gasteiger partial charge is 0.303 e. The number of hydrogen-bond donors (Lipinski definition) is 1. The molecule has 0 aromatic heterocycles. The molecule has 1 aliphatic carbocycles. The van der Waals surface area contributed by atoms with E-state index in [0.29, 0.717) is 13.2 Å². The average molecular weight is 395 g/mol. The largest absolute Gasteiger partial charge is 0.489 e. The van der Waals surface area contributed by atoms with Gasteiger partial charge in [-0.2, -0.15) is 0 Å². The van der Waals surface area contributed by atoms with E-state index in [0.717, 1.165) is 36.1 Å². The van der Waals surface area contributed by atoms with Crippen LogP contribution in [-0.2, 0) is 22.7 Å².